The highest BCUT2D eigenvalue weighted by Crippen LogP contribution is 2.24. The molecule has 0 atom stereocenters. The average molecular weight is 427 g/mol. The van der Waals surface area contributed by atoms with Crippen LogP contribution in [0.3, 0.4) is 0 Å². The Bertz CT molecular complexity index is 1190. The highest BCUT2D eigenvalue weighted by molar-refractivity contribution is 6.02. The van der Waals surface area contributed by atoms with Crippen LogP contribution < -0.4 is 10.1 Å². The molecule has 0 spiro atoms. The minimum Gasteiger partial charge on any atom is -0.497 e. The van der Waals surface area contributed by atoms with Crippen molar-refractivity contribution in [3.8, 4) is 17.0 Å². The molecular weight excluding hydrogens is 406 g/mol. The van der Waals surface area contributed by atoms with E-state index in [1.165, 1.54) is 18.8 Å². The lowest BCUT2D eigenvalue weighted by Gasteiger charge is -2.06. The van der Waals surface area contributed by atoms with Crippen LogP contribution in [0.5, 0.6) is 5.75 Å². The number of methoxy groups -OCH3 is 1. The van der Waals surface area contributed by atoms with Gasteiger partial charge in [-0.05, 0) is 54.5 Å². The molecule has 0 saturated carbocycles. The van der Waals surface area contributed by atoms with Gasteiger partial charge in [-0.3, -0.25) is 4.79 Å². The third kappa shape index (κ3) is 5.42. The van der Waals surface area contributed by atoms with Gasteiger partial charge in [-0.15, -0.1) is 10.2 Å². The van der Waals surface area contributed by atoms with Gasteiger partial charge in [0.05, 0.1) is 12.8 Å². The number of carbonyl (C=O) groups excluding carboxylic acids is 1. The fourth-order valence-electron chi connectivity index (χ4n) is 3.11. The number of aromatic nitrogens is 4. The summed E-state index contributed by atoms with van der Waals surface area (Å²) in [5.41, 5.74) is 4.20. The SMILES string of the molecule is COc1ccc(-c2ncncc2/C=C/C(=O)Nc2ccc(CCc3nnco3)cc2)cc1. The summed E-state index contributed by atoms with van der Waals surface area (Å²) in [6.45, 7) is 0. The third-order valence-electron chi connectivity index (χ3n) is 4.77. The van der Waals surface area contributed by atoms with Crippen LogP contribution in [0.2, 0.25) is 0 Å². The van der Waals surface area contributed by atoms with Crippen LogP contribution in [0.15, 0.2) is 77.9 Å². The first-order valence-electron chi connectivity index (χ1n) is 9.99. The number of rotatable bonds is 8. The lowest BCUT2D eigenvalue weighted by Crippen LogP contribution is -2.07. The van der Waals surface area contributed by atoms with Crippen molar-refractivity contribution in [2.24, 2.45) is 0 Å². The number of nitrogens with one attached hydrogen (secondary N) is 1. The molecule has 0 unspecified atom stereocenters. The molecule has 0 bridgehead atoms. The number of benzene rings is 2. The average Bonchev–Trinajstić information content (AvgIpc) is 3.36. The van der Waals surface area contributed by atoms with E-state index in [1.54, 1.807) is 19.4 Å². The number of carbonyl (C=O) groups is 1. The van der Waals surface area contributed by atoms with Gasteiger partial charge in [0, 0.05) is 35.5 Å². The standard InChI is InChI=1S/C24H21N5O3/c1-31-21-10-5-18(6-11-21)24-19(14-25-15-26-24)7-12-22(30)28-20-8-2-17(3-9-20)4-13-23-29-27-16-32-23/h2-3,5-12,14-16H,4,13H2,1H3,(H,28,30)/b12-7+. The zero-order valence-electron chi connectivity index (χ0n) is 17.4. The highest BCUT2D eigenvalue weighted by Gasteiger charge is 2.06. The molecule has 0 aliphatic rings. The molecule has 8 heteroatoms. The second-order valence-corrected chi connectivity index (χ2v) is 6.91. The maximum atomic E-state index is 12.4. The molecule has 0 saturated heterocycles. The van der Waals surface area contributed by atoms with E-state index < -0.39 is 0 Å². The van der Waals surface area contributed by atoms with Gasteiger partial charge >= 0.3 is 0 Å². The number of aryl methyl sites for hydroxylation is 2. The molecule has 2 aromatic carbocycles. The Morgan fingerprint density at radius 2 is 1.91 bits per heavy atom. The molecule has 8 nitrogen and oxygen atoms in total. The maximum Gasteiger partial charge on any atom is 0.248 e. The van der Waals surface area contributed by atoms with Crippen molar-refractivity contribution in [1.29, 1.82) is 0 Å². The maximum absolute atomic E-state index is 12.4. The van der Waals surface area contributed by atoms with Gasteiger partial charge in [0.2, 0.25) is 18.2 Å². The van der Waals surface area contributed by atoms with Gasteiger partial charge in [0.15, 0.2) is 0 Å². The first-order chi connectivity index (χ1) is 15.7. The van der Waals surface area contributed by atoms with E-state index in [-0.39, 0.29) is 5.91 Å². The second-order valence-electron chi connectivity index (χ2n) is 6.91. The van der Waals surface area contributed by atoms with Crippen molar-refractivity contribution in [3.05, 3.63) is 90.5 Å². The summed E-state index contributed by atoms with van der Waals surface area (Å²) in [7, 11) is 1.62. The van der Waals surface area contributed by atoms with Crippen molar-refractivity contribution < 1.29 is 13.9 Å². The molecule has 0 radical (unpaired) electrons. The number of nitrogens with zero attached hydrogens (tertiary/aromatic N) is 4. The predicted molar refractivity (Wildman–Crippen MR) is 120 cm³/mol. The van der Waals surface area contributed by atoms with Gasteiger partial charge in [-0.25, -0.2) is 9.97 Å². The Kier molecular flexibility index (Phi) is 6.62. The number of ether oxygens (including phenoxy) is 1. The van der Waals surface area contributed by atoms with Crippen molar-refractivity contribution in [1.82, 2.24) is 20.2 Å². The lowest BCUT2D eigenvalue weighted by molar-refractivity contribution is -0.111. The minimum atomic E-state index is -0.242. The third-order valence-corrected chi connectivity index (χ3v) is 4.77. The summed E-state index contributed by atoms with van der Waals surface area (Å²) in [4.78, 5) is 20.8. The number of anilines is 1. The van der Waals surface area contributed by atoms with Crippen molar-refractivity contribution in [3.63, 3.8) is 0 Å². The highest BCUT2D eigenvalue weighted by atomic mass is 16.5. The lowest BCUT2D eigenvalue weighted by atomic mass is 10.1. The number of hydrogen-bond donors (Lipinski definition) is 1. The van der Waals surface area contributed by atoms with Crippen LogP contribution in [0.25, 0.3) is 17.3 Å². The Labute approximate surface area is 185 Å². The van der Waals surface area contributed by atoms with Crippen molar-refractivity contribution >= 4 is 17.7 Å². The summed E-state index contributed by atoms with van der Waals surface area (Å²) in [6, 6.07) is 15.2. The van der Waals surface area contributed by atoms with Gasteiger partial charge in [0.25, 0.3) is 0 Å². The molecule has 0 fully saturated rings. The number of hydrogen-bond acceptors (Lipinski definition) is 7. The van der Waals surface area contributed by atoms with Gasteiger partial charge in [0.1, 0.15) is 12.1 Å². The zero-order valence-corrected chi connectivity index (χ0v) is 17.4. The van der Waals surface area contributed by atoms with E-state index in [4.69, 9.17) is 9.15 Å². The van der Waals surface area contributed by atoms with E-state index in [9.17, 15) is 4.79 Å². The molecule has 1 N–H and O–H groups in total. The molecule has 160 valence electrons. The van der Waals surface area contributed by atoms with Gasteiger partial charge < -0.3 is 14.5 Å². The van der Waals surface area contributed by atoms with E-state index in [0.29, 0.717) is 18.0 Å². The van der Waals surface area contributed by atoms with Crippen LogP contribution in [-0.2, 0) is 17.6 Å². The molecule has 4 aromatic rings. The second kappa shape index (κ2) is 10.1. The predicted octanol–water partition coefficient (Wildman–Crippen LogP) is 3.97. The quantitative estimate of drug-likeness (QED) is 0.424. The first-order valence-corrected chi connectivity index (χ1v) is 9.99. The summed E-state index contributed by atoms with van der Waals surface area (Å²) < 4.78 is 10.3. The minimum absolute atomic E-state index is 0.242. The monoisotopic (exact) mass is 427 g/mol. The smallest absolute Gasteiger partial charge is 0.248 e. The summed E-state index contributed by atoms with van der Waals surface area (Å²) >= 11 is 0. The van der Waals surface area contributed by atoms with Crippen LogP contribution in [0, 0.1) is 0 Å². The summed E-state index contributed by atoms with van der Waals surface area (Å²) in [5, 5.41) is 10.4. The largest absolute Gasteiger partial charge is 0.497 e. The fourth-order valence-corrected chi connectivity index (χ4v) is 3.11. The summed E-state index contributed by atoms with van der Waals surface area (Å²) in [6.07, 6.45) is 9.10. The molecule has 0 aliphatic carbocycles. The Balaban J connectivity index is 1.38. The molecule has 0 aliphatic heterocycles. The van der Waals surface area contributed by atoms with Crippen LogP contribution >= 0.6 is 0 Å². The van der Waals surface area contributed by atoms with E-state index in [2.05, 4.69) is 25.5 Å². The molecule has 4 rings (SSSR count). The van der Waals surface area contributed by atoms with E-state index in [0.717, 1.165) is 34.6 Å². The van der Waals surface area contributed by atoms with Gasteiger partial charge in [-0.1, -0.05) is 12.1 Å². The zero-order chi connectivity index (χ0) is 22.2. The molecule has 2 aromatic heterocycles. The van der Waals surface area contributed by atoms with Crippen LogP contribution in [-0.4, -0.2) is 33.2 Å². The van der Waals surface area contributed by atoms with E-state index in [1.807, 2.05) is 48.5 Å². The van der Waals surface area contributed by atoms with Crippen LogP contribution in [0.1, 0.15) is 17.0 Å². The van der Waals surface area contributed by atoms with Crippen molar-refractivity contribution in [2.45, 2.75) is 12.8 Å². The summed E-state index contributed by atoms with van der Waals surface area (Å²) in [5.74, 6) is 1.12. The Morgan fingerprint density at radius 1 is 1.09 bits per heavy atom. The van der Waals surface area contributed by atoms with Crippen LogP contribution in [0.4, 0.5) is 5.69 Å². The van der Waals surface area contributed by atoms with Crippen molar-refractivity contribution in [2.75, 3.05) is 12.4 Å². The Hall–Kier alpha value is -4.33. The molecule has 1 amide bonds. The Morgan fingerprint density at radius 3 is 2.62 bits per heavy atom. The fraction of sp³-hybridized carbons (Fsp3) is 0.125. The number of amides is 1. The normalized spacial score (nSPS) is 10.9. The molecular formula is C24H21N5O3. The topological polar surface area (TPSA) is 103 Å². The first kappa shape index (κ1) is 20.9. The molecule has 2 heterocycles. The molecule has 32 heavy (non-hydrogen) atoms. The van der Waals surface area contributed by atoms with E-state index >= 15 is 0 Å². The van der Waals surface area contributed by atoms with Gasteiger partial charge in [-0.2, -0.15) is 0 Å².